The Morgan fingerprint density at radius 2 is 1.53 bits per heavy atom. The number of cyclic esters (lactones) is 1. The number of ether oxygens (including phenoxy) is 9. The molecule has 4 aliphatic heterocycles. The Bertz CT molecular complexity index is 1160. The van der Waals surface area contributed by atoms with E-state index >= 15 is 0 Å². The van der Waals surface area contributed by atoms with Crippen molar-refractivity contribution in [1.82, 2.24) is 0 Å². The summed E-state index contributed by atoms with van der Waals surface area (Å²) >= 11 is 0. The number of aliphatic hydroxyl groups excluding tert-OH is 2. The maximum atomic E-state index is 13.3. The molecule has 0 aromatic rings. The lowest BCUT2D eigenvalue weighted by molar-refractivity contribution is -0.305. The van der Waals surface area contributed by atoms with E-state index in [1.165, 1.54) is 40.4 Å². The second-order valence-electron chi connectivity index (χ2n) is 14.1. The van der Waals surface area contributed by atoms with Gasteiger partial charge in [-0.05, 0) is 52.2 Å². The molecule has 14 heteroatoms. The van der Waals surface area contributed by atoms with Crippen LogP contribution in [0.25, 0.3) is 0 Å². The minimum atomic E-state index is -1.75. The van der Waals surface area contributed by atoms with Crippen molar-refractivity contribution >= 4 is 11.8 Å². The van der Waals surface area contributed by atoms with E-state index in [1.54, 1.807) is 26.0 Å². The molecule has 0 amide bonds. The van der Waals surface area contributed by atoms with Crippen molar-refractivity contribution in [2.75, 3.05) is 27.9 Å². The number of fused-ring (bicyclic) bond motifs is 1. The van der Waals surface area contributed by atoms with Crippen LogP contribution in [-0.4, -0.2) is 140 Å². The van der Waals surface area contributed by atoms with Gasteiger partial charge in [0, 0.05) is 45.7 Å². The molecule has 4 aliphatic rings. The molecule has 0 radical (unpaired) electrons. The molecule has 3 saturated heterocycles. The van der Waals surface area contributed by atoms with Crippen LogP contribution in [0.3, 0.4) is 0 Å². The Hall–Kier alpha value is -1.82. The number of aliphatic hydroxyl groups is 3. The van der Waals surface area contributed by atoms with E-state index in [0.717, 1.165) is 0 Å². The summed E-state index contributed by atoms with van der Waals surface area (Å²) in [5.74, 6) is -2.45. The van der Waals surface area contributed by atoms with Gasteiger partial charge >= 0.3 is 5.97 Å². The van der Waals surface area contributed by atoms with Crippen molar-refractivity contribution in [2.45, 2.75) is 140 Å². The van der Waals surface area contributed by atoms with Gasteiger partial charge < -0.3 is 58.0 Å². The molecule has 4 rings (SSSR count). The van der Waals surface area contributed by atoms with E-state index in [2.05, 4.69) is 0 Å². The molecule has 49 heavy (non-hydrogen) atoms. The minimum Gasteiger partial charge on any atom is -0.459 e. The first-order valence-corrected chi connectivity index (χ1v) is 17.1. The molecule has 4 heterocycles. The number of ketones is 1. The normalized spacial score (nSPS) is 48.3. The minimum absolute atomic E-state index is 0.0234. The maximum absolute atomic E-state index is 13.3. The molecular weight excluding hydrogens is 644 g/mol. The van der Waals surface area contributed by atoms with Crippen LogP contribution in [0.4, 0.5) is 0 Å². The van der Waals surface area contributed by atoms with Crippen molar-refractivity contribution in [3.8, 4) is 0 Å². The predicted molar refractivity (Wildman–Crippen MR) is 173 cm³/mol. The Morgan fingerprint density at radius 1 is 0.837 bits per heavy atom. The molecule has 0 aliphatic carbocycles. The second kappa shape index (κ2) is 17.1. The summed E-state index contributed by atoms with van der Waals surface area (Å²) in [6.07, 6.45) is -2.67. The highest BCUT2D eigenvalue weighted by atomic mass is 16.7. The fourth-order valence-corrected chi connectivity index (χ4v) is 7.12. The number of carbonyl (C=O) groups is 2. The Kier molecular flexibility index (Phi) is 14.0. The highest BCUT2D eigenvalue weighted by molar-refractivity contribution is 5.96. The van der Waals surface area contributed by atoms with E-state index in [9.17, 15) is 24.9 Å². The molecule has 0 aromatic carbocycles. The average Bonchev–Trinajstić information content (AvgIpc) is 3.82. The zero-order chi connectivity index (χ0) is 36.2. The van der Waals surface area contributed by atoms with Gasteiger partial charge in [0.25, 0.3) is 0 Å². The standard InChI is InChI=1S/C35H56O14/c1-17-10-13-26(37)46-20(4)22(16-44-34-32(43-9)31(42-8)27(38)21(5)47-34)30-23(48-30)11-12-25(36)35(6,40)15-18(2)29(17)49-33-28(39)24(41-7)14-19(3)45-33/h10-13,17-24,27-34,38-40H,14-16H2,1-9H3/b12-11+,13-10+/t17-,18-,19-,20+,21+,22+,23?,24+,27+,28-,29+,30?,31+,32+,33+,34+,35-/m0/s1. The summed E-state index contributed by atoms with van der Waals surface area (Å²) in [6, 6.07) is 0. The second-order valence-corrected chi connectivity index (χ2v) is 14.1. The monoisotopic (exact) mass is 700 g/mol. The smallest absolute Gasteiger partial charge is 0.330 e. The van der Waals surface area contributed by atoms with Crippen LogP contribution in [0.2, 0.25) is 0 Å². The zero-order valence-electron chi connectivity index (χ0n) is 30.0. The number of hydrogen-bond acceptors (Lipinski definition) is 14. The van der Waals surface area contributed by atoms with E-state index in [-0.39, 0.29) is 19.1 Å². The van der Waals surface area contributed by atoms with Crippen LogP contribution in [-0.2, 0) is 52.2 Å². The van der Waals surface area contributed by atoms with Crippen molar-refractivity contribution in [1.29, 1.82) is 0 Å². The number of methoxy groups -OCH3 is 3. The van der Waals surface area contributed by atoms with Gasteiger partial charge in [0.15, 0.2) is 18.4 Å². The van der Waals surface area contributed by atoms with E-state index in [0.29, 0.717) is 6.42 Å². The van der Waals surface area contributed by atoms with E-state index < -0.39 is 109 Å². The van der Waals surface area contributed by atoms with Gasteiger partial charge in [-0.2, -0.15) is 0 Å². The third-order valence-corrected chi connectivity index (χ3v) is 10.1. The van der Waals surface area contributed by atoms with Gasteiger partial charge in [0.1, 0.15) is 42.2 Å². The summed E-state index contributed by atoms with van der Waals surface area (Å²) in [4.78, 5) is 26.5. The molecular formula is C35H56O14. The third-order valence-electron chi connectivity index (χ3n) is 10.1. The Balaban J connectivity index is 1.56. The summed E-state index contributed by atoms with van der Waals surface area (Å²) in [6.45, 7) is 10.4. The van der Waals surface area contributed by atoms with Gasteiger partial charge in [-0.1, -0.05) is 19.9 Å². The largest absolute Gasteiger partial charge is 0.459 e. The van der Waals surface area contributed by atoms with Gasteiger partial charge in [0.05, 0.1) is 37.1 Å². The lowest BCUT2D eigenvalue weighted by atomic mass is 9.82. The van der Waals surface area contributed by atoms with Crippen molar-refractivity contribution in [3.05, 3.63) is 24.3 Å². The quantitative estimate of drug-likeness (QED) is 0.245. The maximum Gasteiger partial charge on any atom is 0.330 e. The number of esters is 1. The van der Waals surface area contributed by atoms with Gasteiger partial charge in [-0.15, -0.1) is 0 Å². The molecule has 0 bridgehead atoms. The van der Waals surface area contributed by atoms with Crippen LogP contribution in [0.1, 0.15) is 54.4 Å². The van der Waals surface area contributed by atoms with Crippen LogP contribution in [0.15, 0.2) is 24.3 Å². The molecule has 3 fully saturated rings. The molecule has 0 spiro atoms. The molecule has 14 nitrogen and oxygen atoms in total. The van der Waals surface area contributed by atoms with E-state index in [4.69, 9.17) is 42.6 Å². The predicted octanol–water partition coefficient (Wildman–Crippen LogP) is 1.46. The highest BCUT2D eigenvalue weighted by Gasteiger charge is 2.50. The molecule has 280 valence electrons. The Labute approximate surface area is 288 Å². The van der Waals surface area contributed by atoms with E-state index in [1.807, 2.05) is 20.8 Å². The fourth-order valence-electron chi connectivity index (χ4n) is 7.12. The number of carbonyl (C=O) groups excluding carboxylic acids is 2. The first-order chi connectivity index (χ1) is 23.1. The van der Waals surface area contributed by atoms with Crippen molar-refractivity contribution in [2.24, 2.45) is 17.8 Å². The molecule has 0 aromatic heterocycles. The first-order valence-electron chi connectivity index (χ1n) is 17.1. The van der Waals surface area contributed by atoms with Gasteiger partial charge in [0.2, 0.25) is 0 Å². The topological polar surface area (TPSA) is 181 Å². The zero-order valence-corrected chi connectivity index (χ0v) is 30.0. The number of rotatable bonds is 8. The molecule has 3 N–H and O–H groups in total. The van der Waals surface area contributed by atoms with Crippen LogP contribution in [0.5, 0.6) is 0 Å². The fraction of sp³-hybridized carbons (Fsp3) is 0.829. The molecule has 2 unspecified atom stereocenters. The van der Waals surface area contributed by atoms with Crippen molar-refractivity contribution in [3.63, 3.8) is 0 Å². The van der Waals surface area contributed by atoms with Gasteiger partial charge in [-0.25, -0.2) is 4.79 Å². The Morgan fingerprint density at radius 3 is 2.18 bits per heavy atom. The van der Waals surface area contributed by atoms with Crippen molar-refractivity contribution < 1.29 is 67.5 Å². The lowest BCUT2D eigenvalue weighted by Gasteiger charge is -2.42. The summed E-state index contributed by atoms with van der Waals surface area (Å²) in [7, 11) is 4.46. The van der Waals surface area contributed by atoms with Crippen LogP contribution < -0.4 is 0 Å². The highest BCUT2D eigenvalue weighted by Crippen LogP contribution is 2.37. The van der Waals surface area contributed by atoms with Crippen LogP contribution >= 0.6 is 0 Å². The SMILES string of the molecule is CO[C@@H]1[C@H](O)[C@@H](C)O[C@@H](OC[C@H]2C3OC3/C=C/C(=O)[C@@](C)(O)C[C@H](C)[C@H](O[C@H]3O[C@@H](C)C[C@@H](OC)[C@@H]3O)[C@@H](C)/C=C/C(=O)O[C@@H]2C)[C@@H]1OC. The average molecular weight is 701 g/mol. The first kappa shape index (κ1) is 40.0. The molecule has 0 saturated carbocycles. The summed E-state index contributed by atoms with van der Waals surface area (Å²) in [5.41, 5.74) is -1.75. The number of epoxide rings is 1. The lowest BCUT2D eigenvalue weighted by Crippen LogP contribution is -2.59. The summed E-state index contributed by atoms with van der Waals surface area (Å²) in [5, 5.41) is 32.8. The number of hydrogen-bond donors (Lipinski definition) is 3. The third kappa shape index (κ3) is 9.74. The van der Waals surface area contributed by atoms with Crippen LogP contribution in [0, 0.1) is 17.8 Å². The molecule has 17 atom stereocenters. The summed E-state index contributed by atoms with van der Waals surface area (Å²) < 4.78 is 52.6. The van der Waals surface area contributed by atoms with Gasteiger partial charge in [-0.3, -0.25) is 4.79 Å².